The molecule has 0 saturated heterocycles. The Kier molecular flexibility index (Phi) is 9.15. The van der Waals surface area contributed by atoms with Gasteiger partial charge in [0.05, 0.1) is 11.4 Å². The summed E-state index contributed by atoms with van der Waals surface area (Å²) >= 11 is 0. The first-order valence-corrected chi connectivity index (χ1v) is 18.4. The van der Waals surface area contributed by atoms with Crippen molar-refractivity contribution in [3.63, 3.8) is 0 Å². The van der Waals surface area contributed by atoms with Crippen LogP contribution < -0.4 is 0 Å². The van der Waals surface area contributed by atoms with E-state index in [9.17, 15) is 0 Å². The molecule has 0 unspecified atom stereocenters. The predicted octanol–water partition coefficient (Wildman–Crippen LogP) is 9.23. The van der Waals surface area contributed by atoms with Crippen LogP contribution in [0.15, 0.2) is 103 Å². The average molecular weight is 565 g/mol. The highest BCUT2D eigenvalue weighted by atomic mass is 28.3. The predicted molar refractivity (Wildman–Crippen MR) is 180 cm³/mol. The highest BCUT2D eigenvalue weighted by Gasteiger charge is 2.10. The fourth-order valence-corrected chi connectivity index (χ4v) is 5.69. The Morgan fingerprint density at radius 3 is 1.43 bits per heavy atom. The maximum absolute atomic E-state index is 4.79. The molecule has 0 aliphatic heterocycles. The van der Waals surface area contributed by atoms with Gasteiger partial charge >= 0.3 is 0 Å². The van der Waals surface area contributed by atoms with Gasteiger partial charge in [-0.2, -0.15) is 0 Å². The van der Waals surface area contributed by atoms with Gasteiger partial charge in [0, 0.05) is 29.1 Å². The first-order chi connectivity index (χ1) is 20.2. The van der Waals surface area contributed by atoms with E-state index in [4.69, 9.17) is 9.97 Å². The number of nitrogens with zero attached hydrogens (tertiary/aromatic N) is 2. The molecule has 5 aromatic rings. The zero-order valence-corrected chi connectivity index (χ0v) is 26.5. The van der Waals surface area contributed by atoms with Crippen LogP contribution in [0.1, 0.15) is 38.9 Å². The van der Waals surface area contributed by atoms with Crippen molar-refractivity contribution in [2.24, 2.45) is 0 Å². The summed E-state index contributed by atoms with van der Waals surface area (Å²) in [6.45, 7) is 11.3. The molecule has 210 valence electrons. The Hall–Kier alpha value is -4.26. The Balaban J connectivity index is 1.33. The Morgan fingerprint density at radius 1 is 0.571 bits per heavy atom. The minimum absolute atomic E-state index is 0.961. The minimum atomic E-state index is -1.48. The number of aryl methyl sites for hydroxylation is 6. The average Bonchev–Trinajstić information content (AvgIpc) is 2.99. The zero-order valence-electron chi connectivity index (χ0n) is 25.5. The molecule has 0 radical (unpaired) electrons. The summed E-state index contributed by atoms with van der Waals surface area (Å²) in [5.41, 5.74) is 17.0. The molecule has 0 atom stereocenters. The van der Waals surface area contributed by atoms with E-state index in [1.807, 2.05) is 12.1 Å². The number of benzene rings is 3. The van der Waals surface area contributed by atoms with E-state index in [2.05, 4.69) is 136 Å². The lowest BCUT2D eigenvalue weighted by Gasteiger charge is -2.12. The van der Waals surface area contributed by atoms with Crippen molar-refractivity contribution in [2.75, 3.05) is 0 Å². The summed E-state index contributed by atoms with van der Waals surface area (Å²) in [5, 5.41) is 0. The van der Waals surface area contributed by atoms with Gasteiger partial charge in [0.2, 0.25) is 0 Å². The van der Waals surface area contributed by atoms with E-state index in [0.29, 0.717) is 0 Å². The lowest BCUT2D eigenvalue weighted by molar-refractivity contribution is 0.912. The molecular formula is C39H40N2Si. The van der Waals surface area contributed by atoms with Gasteiger partial charge in [-0.1, -0.05) is 92.3 Å². The molecule has 0 bridgehead atoms. The molecule has 0 spiro atoms. The van der Waals surface area contributed by atoms with Crippen molar-refractivity contribution in [3.8, 4) is 34.0 Å². The number of hydrogen-bond donors (Lipinski definition) is 0. The molecule has 2 nitrogen and oxygen atoms in total. The Labute approximate surface area is 252 Å². The second kappa shape index (κ2) is 13.1. The molecule has 0 aliphatic carbocycles. The summed E-state index contributed by atoms with van der Waals surface area (Å²) in [6, 6.07) is 32.2. The van der Waals surface area contributed by atoms with Crippen molar-refractivity contribution >= 4 is 8.07 Å². The van der Waals surface area contributed by atoms with Gasteiger partial charge in [0.15, 0.2) is 0 Å². The van der Waals surface area contributed by atoms with Crippen molar-refractivity contribution in [2.45, 2.75) is 59.2 Å². The normalized spacial score (nSPS) is 11.2. The molecule has 0 saturated carbocycles. The van der Waals surface area contributed by atoms with Crippen LogP contribution >= 0.6 is 0 Å². The van der Waals surface area contributed by atoms with E-state index in [1.54, 1.807) is 0 Å². The summed E-state index contributed by atoms with van der Waals surface area (Å²) in [7, 11) is -1.48. The van der Waals surface area contributed by atoms with E-state index < -0.39 is 8.07 Å². The summed E-state index contributed by atoms with van der Waals surface area (Å²) in [5.74, 6) is 3.52. The van der Waals surface area contributed by atoms with Crippen LogP contribution in [-0.4, -0.2) is 18.0 Å². The fraction of sp³-hybridized carbons (Fsp3) is 0.231. The minimum Gasteiger partial charge on any atom is -0.256 e. The van der Waals surface area contributed by atoms with Crippen LogP contribution in [0.3, 0.4) is 0 Å². The molecule has 3 heteroatoms. The summed E-state index contributed by atoms with van der Waals surface area (Å²) < 4.78 is 0. The van der Waals surface area contributed by atoms with Crippen LogP contribution in [0, 0.1) is 25.3 Å². The maximum Gasteiger partial charge on any atom is 0.129 e. The molecule has 2 heterocycles. The second-order valence-corrected chi connectivity index (χ2v) is 17.0. The van der Waals surface area contributed by atoms with E-state index >= 15 is 0 Å². The lowest BCUT2D eigenvalue weighted by atomic mass is 9.95. The molecule has 3 aromatic carbocycles. The lowest BCUT2D eigenvalue weighted by Crippen LogP contribution is -2.16. The third-order valence-corrected chi connectivity index (χ3v) is 8.45. The molecule has 0 amide bonds. The topological polar surface area (TPSA) is 25.8 Å². The molecule has 0 aliphatic rings. The first kappa shape index (κ1) is 29.2. The fourth-order valence-electron chi connectivity index (χ4n) is 5.17. The monoisotopic (exact) mass is 564 g/mol. The van der Waals surface area contributed by atoms with Crippen LogP contribution in [0.2, 0.25) is 19.6 Å². The van der Waals surface area contributed by atoms with E-state index in [1.165, 1.54) is 33.4 Å². The second-order valence-electron chi connectivity index (χ2n) is 12.3. The third-order valence-electron chi connectivity index (χ3n) is 7.58. The van der Waals surface area contributed by atoms with E-state index in [0.717, 1.165) is 53.8 Å². The number of rotatable bonds is 8. The Morgan fingerprint density at radius 2 is 1.02 bits per heavy atom. The number of aromatic nitrogens is 2. The Bertz CT molecular complexity index is 1610. The van der Waals surface area contributed by atoms with Crippen molar-refractivity contribution < 1.29 is 0 Å². The highest BCUT2D eigenvalue weighted by molar-refractivity contribution is 6.83. The van der Waals surface area contributed by atoms with Crippen molar-refractivity contribution in [1.29, 1.82) is 0 Å². The standard InChI is InChI=1S/C39H40N2Si/c1-29-22-38(34-12-8-6-9-13-34)40-27-36(29)18-16-31-24-32(26-33(25-31)20-21-42(3,4)5)17-19-37-28-41-39(23-30(37)2)35-14-10-7-11-15-35/h6-15,22-28H,16-19H2,1-5H3. The van der Waals surface area contributed by atoms with Crippen molar-refractivity contribution in [3.05, 3.63) is 142 Å². The molecule has 5 rings (SSSR count). The van der Waals surface area contributed by atoms with E-state index in [-0.39, 0.29) is 0 Å². The largest absolute Gasteiger partial charge is 0.256 e. The van der Waals surface area contributed by atoms with Gasteiger partial charge in [-0.3, -0.25) is 9.97 Å². The summed E-state index contributed by atoms with van der Waals surface area (Å²) in [4.78, 5) is 9.57. The molecule has 0 fully saturated rings. The van der Waals surface area contributed by atoms with Gasteiger partial charge < -0.3 is 0 Å². The number of pyridine rings is 2. The highest BCUT2D eigenvalue weighted by Crippen LogP contribution is 2.23. The summed E-state index contributed by atoms with van der Waals surface area (Å²) in [6.07, 6.45) is 7.97. The number of hydrogen-bond acceptors (Lipinski definition) is 2. The molecule has 2 aromatic heterocycles. The van der Waals surface area contributed by atoms with Crippen molar-refractivity contribution in [1.82, 2.24) is 9.97 Å². The third kappa shape index (κ3) is 7.93. The van der Waals surface area contributed by atoms with Gasteiger partial charge in [-0.05, 0) is 97.2 Å². The maximum atomic E-state index is 4.79. The van der Waals surface area contributed by atoms with Gasteiger partial charge in [0.1, 0.15) is 8.07 Å². The zero-order chi connectivity index (χ0) is 29.5. The van der Waals surface area contributed by atoms with Gasteiger partial charge in [-0.25, -0.2) is 0 Å². The SMILES string of the molecule is Cc1cc(-c2ccccc2)ncc1CCc1cc(C#C[Si](C)(C)C)cc(CCc2cnc(-c3ccccc3)cc2C)c1. The van der Waals surface area contributed by atoms with Crippen LogP contribution in [0.5, 0.6) is 0 Å². The molecular weight excluding hydrogens is 525 g/mol. The van der Waals surface area contributed by atoms with Gasteiger partial charge in [0.25, 0.3) is 0 Å². The van der Waals surface area contributed by atoms with Crippen LogP contribution in [-0.2, 0) is 25.7 Å². The quantitative estimate of drug-likeness (QED) is 0.139. The molecule has 42 heavy (non-hydrogen) atoms. The smallest absolute Gasteiger partial charge is 0.129 e. The van der Waals surface area contributed by atoms with Crippen LogP contribution in [0.4, 0.5) is 0 Å². The first-order valence-electron chi connectivity index (χ1n) is 14.9. The molecule has 0 N–H and O–H groups in total. The van der Waals surface area contributed by atoms with Gasteiger partial charge in [-0.15, -0.1) is 5.54 Å². The van der Waals surface area contributed by atoms with Crippen LogP contribution in [0.25, 0.3) is 22.5 Å².